The zero-order valence-electron chi connectivity index (χ0n) is 19.3. The number of benzene rings is 2. The first-order valence-corrected chi connectivity index (χ1v) is 12.0. The number of hydrogen-bond acceptors (Lipinski definition) is 4. The highest BCUT2D eigenvalue weighted by atomic mass is 16.1. The van der Waals surface area contributed by atoms with Crippen LogP contribution in [0, 0.1) is 0 Å². The molecule has 168 valence electrons. The second-order valence-corrected chi connectivity index (χ2v) is 8.60. The minimum atomic E-state index is -0.0459. The number of nitrogens with zero attached hydrogens (tertiary/aromatic N) is 5. The monoisotopic (exact) mass is 439 g/mol. The Hall–Kier alpha value is -3.54. The third-order valence-corrected chi connectivity index (χ3v) is 6.31. The molecule has 0 radical (unpaired) electrons. The second-order valence-electron chi connectivity index (χ2n) is 8.60. The molecule has 3 heterocycles. The molecule has 0 spiro atoms. The summed E-state index contributed by atoms with van der Waals surface area (Å²) in [5.41, 5.74) is 5.60. The first kappa shape index (κ1) is 21.3. The largest absolute Gasteiger partial charge is 0.299 e. The van der Waals surface area contributed by atoms with E-state index in [1.807, 2.05) is 41.0 Å². The lowest BCUT2D eigenvalue weighted by molar-refractivity contribution is 0.556. The van der Waals surface area contributed by atoms with Gasteiger partial charge < -0.3 is 0 Å². The SMILES string of the molecule is CCCCCCCn1cnc2c(c1=O)c1nc3ccccc3nc1n2-c1cccc(CC)c1. The number of aromatic nitrogens is 5. The van der Waals surface area contributed by atoms with Crippen molar-refractivity contribution in [3.8, 4) is 5.69 Å². The van der Waals surface area contributed by atoms with Gasteiger partial charge in [-0.3, -0.25) is 13.9 Å². The van der Waals surface area contributed by atoms with E-state index >= 15 is 0 Å². The molecule has 0 amide bonds. The van der Waals surface area contributed by atoms with Crippen LogP contribution in [0.4, 0.5) is 0 Å². The van der Waals surface area contributed by atoms with Gasteiger partial charge in [-0.2, -0.15) is 0 Å². The van der Waals surface area contributed by atoms with Crippen molar-refractivity contribution in [1.29, 1.82) is 0 Å². The fourth-order valence-corrected chi connectivity index (χ4v) is 4.48. The van der Waals surface area contributed by atoms with Crippen LogP contribution in [-0.4, -0.2) is 24.1 Å². The van der Waals surface area contributed by atoms with E-state index in [1.54, 1.807) is 10.9 Å². The molecule has 0 fully saturated rings. The van der Waals surface area contributed by atoms with E-state index in [4.69, 9.17) is 15.0 Å². The normalized spacial score (nSPS) is 11.7. The van der Waals surface area contributed by atoms with Crippen LogP contribution >= 0.6 is 0 Å². The van der Waals surface area contributed by atoms with E-state index in [1.165, 1.54) is 24.8 Å². The molecule has 0 N–H and O–H groups in total. The van der Waals surface area contributed by atoms with Gasteiger partial charge in [0.05, 0.1) is 17.4 Å². The third-order valence-electron chi connectivity index (χ3n) is 6.31. The number of rotatable bonds is 8. The lowest BCUT2D eigenvalue weighted by atomic mass is 10.1. The molecule has 0 atom stereocenters. The summed E-state index contributed by atoms with van der Waals surface area (Å²) < 4.78 is 3.72. The van der Waals surface area contributed by atoms with Crippen molar-refractivity contribution < 1.29 is 0 Å². The van der Waals surface area contributed by atoms with Crippen molar-refractivity contribution in [3.05, 3.63) is 70.8 Å². The van der Waals surface area contributed by atoms with E-state index < -0.39 is 0 Å². The van der Waals surface area contributed by atoms with E-state index in [0.29, 0.717) is 28.7 Å². The Balaban J connectivity index is 1.73. The number of aryl methyl sites for hydroxylation is 2. The summed E-state index contributed by atoms with van der Waals surface area (Å²) in [6.45, 7) is 5.01. The zero-order chi connectivity index (χ0) is 22.8. The molecular formula is C27H29N5O. The van der Waals surface area contributed by atoms with E-state index in [0.717, 1.165) is 36.0 Å². The smallest absolute Gasteiger partial charge is 0.265 e. The summed E-state index contributed by atoms with van der Waals surface area (Å²) in [5.74, 6) is 0. The number of unbranched alkanes of at least 4 members (excludes halogenated alkanes) is 4. The van der Waals surface area contributed by atoms with Gasteiger partial charge in [0, 0.05) is 12.2 Å². The molecule has 0 saturated carbocycles. The zero-order valence-corrected chi connectivity index (χ0v) is 19.3. The molecule has 0 unspecified atom stereocenters. The van der Waals surface area contributed by atoms with Crippen LogP contribution in [0.1, 0.15) is 51.5 Å². The molecule has 5 rings (SSSR count). The Labute approximate surface area is 192 Å². The molecule has 33 heavy (non-hydrogen) atoms. The Morgan fingerprint density at radius 1 is 0.848 bits per heavy atom. The average Bonchev–Trinajstić information content (AvgIpc) is 3.17. The van der Waals surface area contributed by atoms with Crippen molar-refractivity contribution in [3.63, 3.8) is 0 Å². The standard InChI is InChI=1S/C27H29N5O/c1-3-5-6-7-10-16-31-18-28-25-23(27(31)33)24-26(30-22-15-9-8-14-21(22)29-24)32(25)20-13-11-12-19(4-2)17-20/h8-9,11-15,17-18H,3-7,10,16H2,1-2H3. The molecule has 6 heteroatoms. The lowest BCUT2D eigenvalue weighted by Gasteiger charge is -2.09. The van der Waals surface area contributed by atoms with Crippen LogP contribution in [0.5, 0.6) is 0 Å². The molecule has 5 aromatic rings. The quantitative estimate of drug-likeness (QED) is 0.286. The molecule has 0 bridgehead atoms. The summed E-state index contributed by atoms with van der Waals surface area (Å²) >= 11 is 0. The first-order valence-electron chi connectivity index (χ1n) is 12.0. The second kappa shape index (κ2) is 9.14. The van der Waals surface area contributed by atoms with Crippen LogP contribution in [-0.2, 0) is 13.0 Å². The highest BCUT2D eigenvalue weighted by Crippen LogP contribution is 2.28. The molecule has 6 nitrogen and oxygen atoms in total. The lowest BCUT2D eigenvalue weighted by Crippen LogP contribution is -2.20. The molecule has 0 aliphatic heterocycles. The van der Waals surface area contributed by atoms with Crippen LogP contribution < -0.4 is 5.56 Å². The average molecular weight is 440 g/mol. The summed E-state index contributed by atoms with van der Waals surface area (Å²) in [6, 6.07) is 16.1. The predicted molar refractivity (Wildman–Crippen MR) is 134 cm³/mol. The summed E-state index contributed by atoms with van der Waals surface area (Å²) in [6.07, 6.45) is 8.35. The Bertz CT molecular complexity index is 1500. The fourth-order valence-electron chi connectivity index (χ4n) is 4.48. The number of hydrogen-bond donors (Lipinski definition) is 0. The van der Waals surface area contributed by atoms with Gasteiger partial charge in [0.2, 0.25) is 0 Å². The molecule has 0 aliphatic rings. The van der Waals surface area contributed by atoms with Gasteiger partial charge in [-0.05, 0) is 42.7 Å². The summed E-state index contributed by atoms with van der Waals surface area (Å²) in [7, 11) is 0. The third kappa shape index (κ3) is 3.90. The van der Waals surface area contributed by atoms with Gasteiger partial charge >= 0.3 is 0 Å². The predicted octanol–water partition coefficient (Wildman–Crippen LogP) is 5.82. The topological polar surface area (TPSA) is 65.6 Å². The minimum Gasteiger partial charge on any atom is -0.299 e. The van der Waals surface area contributed by atoms with E-state index in [-0.39, 0.29) is 5.56 Å². The van der Waals surface area contributed by atoms with Crippen molar-refractivity contribution in [2.45, 2.75) is 58.9 Å². The number of fused-ring (bicyclic) bond motifs is 4. The highest BCUT2D eigenvalue weighted by Gasteiger charge is 2.20. The van der Waals surface area contributed by atoms with Gasteiger partial charge in [-0.15, -0.1) is 0 Å². The van der Waals surface area contributed by atoms with Crippen molar-refractivity contribution in [2.75, 3.05) is 0 Å². The highest BCUT2D eigenvalue weighted by molar-refractivity contribution is 6.05. The van der Waals surface area contributed by atoms with Crippen LogP contribution in [0.25, 0.3) is 38.9 Å². The van der Waals surface area contributed by atoms with E-state index in [9.17, 15) is 4.79 Å². The van der Waals surface area contributed by atoms with Gasteiger partial charge in [0.1, 0.15) is 10.9 Å². The molecular weight excluding hydrogens is 410 g/mol. The van der Waals surface area contributed by atoms with Gasteiger partial charge in [-0.25, -0.2) is 15.0 Å². The maximum absolute atomic E-state index is 13.6. The summed E-state index contributed by atoms with van der Waals surface area (Å²) in [4.78, 5) is 28.2. The Morgan fingerprint density at radius 3 is 2.42 bits per heavy atom. The Morgan fingerprint density at radius 2 is 1.64 bits per heavy atom. The molecule has 3 aromatic heterocycles. The molecule has 0 saturated heterocycles. The van der Waals surface area contributed by atoms with Gasteiger partial charge in [-0.1, -0.05) is 63.8 Å². The first-order chi connectivity index (χ1) is 16.2. The maximum Gasteiger partial charge on any atom is 0.265 e. The Kier molecular flexibility index (Phi) is 5.90. The fraction of sp³-hybridized carbons (Fsp3) is 0.333. The number of para-hydroxylation sites is 2. The van der Waals surface area contributed by atoms with Crippen LogP contribution in [0.15, 0.2) is 59.7 Å². The molecule has 0 aliphatic carbocycles. The van der Waals surface area contributed by atoms with Crippen LogP contribution in [0.3, 0.4) is 0 Å². The minimum absolute atomic E-state index is 0.0459. The maximum atomic E-state index is 13.6. The van der Waals surface area contributed by atoms with Crippen molar-refractivity contribution in [2.24, 2.45) is 0 Å². The van der Waals surface area contributed by atoms with Gasteiger partial charge in [0.25, 0.3) is 5.56 Å². The van der Waals surface area contributed by atoms with Crippen molar-refractivity contribution >= 4 is 33.2 Å². The van der Waals surface area contributed by atoms with Gasteiger partial charge in [0.15, 0.2) is 11.3 Å². The summed E-state index contributed by atoms with van der Waals surface area (Å²) in [5, 5.41) is 0.543. The van der Waals surface area contributed by atoms with E-state index in [2.05, 4.69) is 26.0 Å². The van der Waals surface area contributed by atoms with Crippen molar-refractivity contribution in [1.82, 2.24) is 24.1 Å². The van der Waals surface area contributed by atoms with Crippen LogP contribution in [0.2, 0.25) is 0 Å². The molecule has 2 aromatic carbocycles.